The Morgan fingerprint density at radius 1 is 1.32 bits per heavy atom. The van der Waals surface area contributed by atoms with Crippen LogP contribution in [-0.4, -0.2) is 58.3 Å². The van der Waals surface area contributed by atoms with E-state index >= 15 is 4.39 Å². The number of rotatable bonds is 4. The minimum absolute atomic E-state index is 0.0556. The van der Waals surface area contributed by atoms with Crippen LogP contribution in [0.5, 0.6) is 0 Å². The molecular formula is C18H22F3N3O4. The van der Waals surface area contributed by atoms with Crippen LogP contribution in [0.4, 0.5) is 13.2 Å². The molecular weight excluding hydrogens is 379 g/mol. The second-order valence-electron chi connectivity index (χ2n) is 7.81. The molecule has 7 nitrogen and oxygen atoms in total. The highest BCUT2D eigenvalue weighted by Crippen LogP contribution is 2.46. The zero-order valence-electron chi connectivity index (χ0n) is 15.5. The highest BCUT2D eigenvalue weighted by atomic mass is 19.3. The third-order valence-corrected chi connectivity index (χ3v) is 5.99. The van der Waals surface area contributed by atoms with Gasteiger partial charge < -0.3 is 9.84 Å². The summed E-state index contributed by atoms with van der Waals surface area (Å²) in [5, 5.41) is 9.28. The number of nitrogens with one attached hydrogen (secondary N) is 1. The first kappa shape index (κ1) is 19.3. The summed E-state index contributed by atoms with van der Waals surface area (Å²) >= 11 is 0. The van der Waals surface area contributed by atoms with Gasteiger partial charge in [-0.25, -0.2) is 18.0 Å². The van der Waals surface area contributed by atoms with E-state index in [9.17, 15) is 23.5 Å². The zero-order valence-corrected chi connectivity index (χ0v) is 15.5. The van der Waals surface area contributed by atoms with Crippen molar-refractivity contribution in [1.82, 2.24) is 14.5 Å². The zero-order chi connectivity index (χ0) is 20.4. The predicted octanol–water partition coefficient (Wildman–Crippen LogP) is 1.20. The monoisotopic (exact) mass is 401 g/mol. The molecule has 0 aromatic carbocycles. The molecule has 1 saturated carbocycles. The Morgan fingerprint density at radius 3 is 2.54 bits per heavy atom. The Kier molecular flexibility index (Phi) is 4.46. The van der Waals surface area contributed by atoms with Crippen molar-refractivity contribution in [2.45, 2.75) is 43.7 Å². The summed E-state index contributed by atoms with van der Waals surface area (Å²) in [6, 6.07) is -1.22. The fourth-order valence-corrected chi connectivity index (χ4v) is 4.51. The van der Waals surface area contributed by atoms with Crippen molar-refractivity contribution in [3.05, 3.63) is 37.9 Å². The summed E-state index contributed by atoms with van der Waals surface area (Å²) < 4.78 is 50.4. The molecule has 1 aromatic rings. The average Bonchev–Trinajstić information content (AvgIpc) is 3.40. The maximum Gasteiger partial charge on any atom is 0.328 e. The normalized spacial score (nSPS) is 29.9. The van der Waals surface area contributed by atoms with E-state index in [2.05, 4.69) is 4.98 Å². The number of nitrogens with zero attached hydrogens (tertiary/aromatic N) is 2. The van der Waals surface area contributed by atoms with Crippen LogP contribution in [-0.2, 0) is 4.74 Å². The number of aliphatic hydroxyl groups is 1. The molecule has 4 rings (SSSR count). The van der Waals surface area contributed by atoms with Crippen molar-refractivity contribution in [3.63, 3.8) is 0 Å². The highest BCUT2D eigenvalue weighted by molar-refractivity contribution is 5.67. The maximum absolute atomic E-state index is 15.4. The number of halogens is 3. The molecule has 2 fully saturated rings. The van der Waals surface area contributed by atoms with Gasteiger partial charge in [-0.3, -0.25) is 19.2 Å². The van der Waals surface area contributed by atoms with Gasteiger partial charge >= 0.3 is 5.69 Å². The van der Waals surface area contributed by atoms with Crippen LogP contribution in [0.15, 0.2) is 15.4 Å². The Balaban J connectivity index is 1.88. The van der Waals surface area contributed by atoms with Gasteiger partial charge in [-0.2, -0.15) is 0 Å². The van der Waals surface area contributed by atoms with Gasteiger partial charge in [0.05, 0.1) is 32.2 Å². The SMILES string of the molecule is COC1=C(F)C(N2CC(CO)C(F)(F)C2)C(C)c2c1c(=O)[nH]c(=O)n2C1CC1. The first-order valence-electron chi connectivity index (χ1n) is 9.26. The van der Waals surface area contributed by atoms with Gasteiger partial charge in [0.2, 0.25) is 0 Å². The maximum atomic E-state index is 15.4. The molecule has 0 amide bonds. The molecule has 1 saturated heterocycles. The van der Waals surface area contributed by atoms with Crippen LogP contribution >= 0.6 is 0 Å². The summed E-state index contributed by atoms with van der Waals surface area (Å²) in [4.78, 5) is 28.4. The minimum atomic E-state index is -3.16. The lowest BCUT2D eigenvalue weighted by Crippen LogP contribution is -2.46. The second-order valence-corrected chi connectivity index (χ2v) is 7.81. The molecule has 1 aliphatic heterocycles. The summed E-state index contributed by atoms with van der Waals surface area (Å²) in [5.74, 6) is -6.33. The molecule has 1 aromatic heterocycles. The topological polar surface area (TPSA) is 87.6 Å². The van der Waals surface area contributed by atoms with E-state index in [0.29, 0.717) is 5.69 Å². The largest absolute Gasteiger partial charge is 0.493 e. The second kappa shape index (κ2) is 6.48. The lowest BCUT2D eigenvalue weighted by atomic mass is 9.85. The van der Waals surface area contributed by atoms with Crippen LogP contribution in [0.25, 0.3) is 5.76 Å². The number of alkyl halides is 2. The Morgan fingerprint density at radius 2 is 2.00 bits per heavy atom. The number of aliphatic hydroxyl groups excluding tert-OH is 1. The van der Waals surface area contributed by atoms with E-state index in [4.69, 9.17) is 4.74 Å². The van der Waals surface area contributed by atoms with Gasteiger partial charge in [0.25, 0.3) is 11.5 Å². The number of aromatic nitrogens is 2. The van der Waals surface area contributed by atoms with Gasteiger partial charge in [0, 0.05) is 24.2 Å². The Labute approximate surface area is 158 Å². The van der Waals surface area contributed by atoms with E-state index in [0.717, 1.165) is 12.8 Å². The van der Waals surface area contributed by atoms with E-state index in [-0.39, 0.29) is 23.9 Å². The lowest BCUT2D eigenvalue weighted by molar-refractivity contribution is -0.0445. The van der Waals surface area contributed by atoms with Crippen molar-refractivity contribution in [1.29, 1.82) is 0 Å². The lowest BCUT2D eigenvalue weighted by Gasteiger charge is -2.37. The third kappa shape index (κ3) is 2.73. The van der Waals surface area contributed by atoms with Crippen LogP contribution in [0.3, 0.4) is 0 Å². The van der Waals surface area contributed by atoms with Crippen molar-refractivity contribution in [2.75, 3.05) is 26.8 Å². The van der Waals surface area contributed by atoms with Crippen LogP contribution < -0.4 is 11.2 Å². The van der Waals surface area contributed by atoms with Gasteiger partial charge in [-0.1, -0.05) is 6.92 Å². The van der Waals surface area contributed by atoms with E-state index < -0.39 is 54.0 Å². The molecule has 3 unspecified atom stereocenters. The van der Waals surface area contributed by atoms with E-state index in [1.807, 2.05) is 0 Å². The average molecular weight is 401 g/mol. The van der Waals surface area contributed by atoms with Gasteiger partial charge in [0.1, 0.15) is 5.56 Å². The van der Waals surface area contributed by atoms with Gasteiger partial charge in [0.15, 0.2) is 11.6 Å². The fraction of sp³-hybridized carbons (Fsp3) is 0.667. The van der Waals surface area contributed by atoms with Crippen LogP contribution in [0.2, 0.25) is 0 Å². The molecule has 0 spiro atoms. The molecule has 10 heteroatoms. The van der Waals surface area contributed by atoms with E-state index in [1.165, 1.54) is 16.6 Å². The third-order valence-electron chi connectivity index (χ3n) is 5.99. The Bertz CT molecular complexity index is 950. The highest BCUT2D eigenvalue weighted by Gasteiger charge is 2.53. The number of ether oxygens (including phenoxy) is 1. The molecule has 154 valence electrons. The van der Waals surface area contributed by atoms with Crippen molar-refractivity contribution in [3.8, 4) is 0 Å². The van der Waals surface area contributed by atoms with E-state index in [1.54, 1.807) is 6.92 Å². The number of H-pyrrole nitrogens is 1. The first-order chi connectivity index (χ1) is 13.2. The molecule has 0 bridgehead atoms. The molecule has 2 heterocycles. The molecule has 2 N–H and O–H groups in total. The summed E-state index contributed by atoms with van der Waals surface area (Å²) in [5.41, 5.74) is -1.08. The van der Waals surface area contributed by atoms with Crippen LogP contribution in [0, 0.1) is 5.92 Å². The number of hydrogen-bond acceptors (Lipinski definition) is 5. The van der Waals surface area contributed by atoms with Gasteiger partial charge in [-0.15, -0.1) is 0 Å². The fourth-order valence-electron chi connectivity index (χ4n) is 4.51. The predicted molar refractivity (Wildman–Crippen MR) is 93.9 cm³/mol. The van der Waals surface area contributed by atoms with Crippen molar-refractivity contribution in [2.24, 2.45) is 5.92 Å². The summed E-state index contributed by atoms with van der Waals surface area (Å²) in [6.45, 7) is -0.00720. The number of hydrogen-bond donors (Lipinski definition) is 2. The molecule has 0 radical (unpaired) electrons. The molecule has 28 heavy (non-hydrogen) atoms. The summed E-state index contributed by atoms with van der Waals surface area (Å²) in [7, 11) is 1.20. The van der Waals surface area contributed by atoms with Crippen molar-refractivity contribution < 1.29 is 23.0 Å². The summed E-state index contributed by atoms with van der Waals surface area (Å²) in [6.07, 6.45) is 1.50. The molecule has 2 aliphatic carbocycles. The minimum Gasteiger partial charge on any atom is -0.493 e. The number of methoxy groups -OCH3 is 1. The van der Waals surface area contributed by atoms with Gasteiger partial charge in [-0.05, 0) is 12.8 Å². The van der Waals surface area contributed by atoms with Crippen molar-refractivity contribution >= 4 is 5.76 Å². The van der Waals surface area contributed by atoms with Crippen LogP contribution in [0.1, 0.15) is 43.0 Å². The Hall–Kier alpha value is -2.07. The quantitative estimate of drug-likeness (QED) is 0.792. The number of aromatic amines is 1. The number of fused-ring (bicyclic) bond motifs is 1. The number of likely N-dealkylation sites (tertiary alicyclic amines) is 1. The molecule has 3 atom stereocenters. The smallest absolute Gasteiger partial charge is 0.328 e. The standard InChI is InChI=1S/C18H22F3N3O4/c1-8-13-11(16(26)22-17(27)24(13)10-3-4-10)15(28-2)12(19)14(8)23-5-9(6-25)18(20,21)7-23/h8-10,14,25H,3-7H2,1-2H3,(H,22,26,27). The first-order valence-corrected chi connectivity index (χ1v) is 9.26. The molecule has 3 aliphatic rings.